The minimum atomic E-state index is -0.376. The molecule has 0 bridgehead atoms. The van der Waals surface area contributed by atoms with Crippen LogP contribution in [0.3, 0.4) is 0 Å². The minimum Gasteiger partial charge on any atom is -0.426 e. The number of para-hydroxylation sites is 1. The second-order valence-corrected chi connectivity index (χ2v) is 3.96. The average molecular weight is 258 g/mol. The summed E-state index contributed by atoms with van der Waals surface area (Å²) >= 11 is 0. The molecule has 1 aromatic carbocycles. The Bertz CT molecular complexity index is 631. The molecule has 2 aromatic rings. The van der Waals surface area contributed by atoms with E-state index in [-0.39, 0.29) is 5.97 Å². The zero-order valence-electron chi connectivity index (χ0n) is 10.7. The lowest BCUT2D eigenvalue weighted by Crippen LogP contribution is -2.04. The molecule has 2 rings (SSSR count). The van der Waals surface area contributed by atoms with E-state index in [0.29, 0.717) is 17.3 Å². The van der Waals surface area contributed by atoms with Gasteiger partial charge in [-0.25, -0.2) is 9.66 Å². The predicted molar refractivity (Wildman–Crippen MR) is 72.1 cm³/mol. The molecule has 0 aliphatic rings. The van der Waals surface area contributed by atoms with Gasteiger partial charge in [-0.1, -0.05) is 12.1 Å². The lowest BCUT2D eigenvalue weighted by Gasteiger charge is -2.04. The van der Waals surface area contributed by atoms with Crippen molar-refractivity contribution in [2.75, 3.05) is 5.73 Å². The van der Waals surface area contributed by atoms with Crippen molar-refractivity contribution in [1.29, 1.82) is 0 Å². The third kappa shape index (κ3) is 3.19. The lowest BCUT2D eigenvalue weighted by molar-refractivity contribution is -0.131. The van der Waals surface area contributed by atoms with Crippen molar-refractivity contribution < 1.29 is 9.53 Å². The fourth-order valence-corrected chi connectivity index (χ4v) is 1.56. The van der Waals surface area contributed by atoms with Crippen LogP contribution in [0, 0.1) is 6.92 Å². The molecule has 0 saturated carbocycles. The van der Waals surface area contributed by atoms with Crippen molar-refractivity contribution >= 4 is 18.1 Å². The molecule has 0 fully saturated rings. The molecule has 0 aliphatic carbocycles. The summed E-state index contributed by atoms with van der Waals surface area (Å²) < 4.78 is 6.54. The third-order valence-corrected chi connectivity index (χ3v) is 2.33. The van der Waals surface area contributed by atoms with Crippen LogP contribution < -0.4 is 10.5 Å². The first-order valence-corrected chi connectivity index (χ1v) is 5.69. The SMILES string of the molecule is CC(=O)Oc1ccccc1C=Nn1cc(C)nc1N. The van der Waals surface area contributed by atoms with Gasteiger partial charge in [-0.15, -0.1) is 0 Å². The summed E-state index contributed by atoms with van der Waals surface area (Å²) in [7, 11) is 0. The molecule has 0 unspecified atom stereocenters. The van der Waals surface area contributed by atoms with Gasteiger partial charge in [0.2, 0.25) is 5.95 Å². The number of carbonyl (C=O) groups is 1. The molecule has 98 valence electrons. The number of imidazole rings is 1. The highest BCUT2D eigenvalue weighted by molar-refractivity contribution is 5.85. The van der Waals surface area contributed by atoms with Crippen LogP contribution >= 0.6 is 0 Å². The maximum absolute atomic E-state index is 11.0. The molecule has 0 spiro atoms. The van der Waals surface area contributed by atoms with Crippen molar-refractivity contribution in [3.05, 3.63) is 41.7 Å². The number of aromatic nitrogens is 2. The lowest BCUT2D eigenvalue weighted by atomic mass is 10.2. The fraction of sp³-hybridized carbons (Fsp3) is 0.154. The van der Waals surface area contributed by atoms with Gasteiger partial charge in [0.05, 0.1) is 18.1 Å². The first kappa shape index (κ1) is 12.8. The number of carbonyl (C=O) groups excluding carboxylic acids is 1. The summed E-state index contributed by atoms with van der Waals surface area (Å²) in [5, 5.41) is 4.18. The van der Waals surface area contributed by atoms with Crippen LogP contribution in [0.15, 0.2) is 35.6 Å². The van der Waals surface area contributed by atoms with E-state index in [1.807, 2.05) is 13.0 Å². The number of nitrogens with two attached hydrogens (primary N) is 1. The molecule has 1 heterocycles. The van der Waals surface area contributed by atoms with Crippen molar-refractivity contribution in [3.8, 4) is 5.75 Å². The van der Waals surface area contributed by atoms with Crippen LogP contribution in [0.2, 0.25) is 0 Å². The fourth-order valence-electron chi connectivity index (χ4n) is 1.56. The highest BCUT2D eigenvalue weighted by Crippen LogP contribution is 2.16. The Labute approximate surface area is 110 Å². The van der Waals surface area contributed by atoms with E-state index in [4.69, 9.17) is 10.5 Å². The van der Waals surface area contributed by atoms with Gasteiger partial charge in [0.25, 0.3) is 0 Å². The Morgan fingerprint density at radius 2 is 2.21 bits per heavy atom. The molecular weight excluding hydrogens is 244 g/mol. The van der Waals surface area contributed by atoms with Gasteiger partial charge in [-0.05, 0) is 19.1 Å². The van der Waals surface area contributed by atoms with E-state index >= 15 is 0 Å². The monoisotopic (exact) mass is 258 g/mol. The van der Waals surface area contributed by atoms with Crippen molar-refractivity contribution in [2.45, 2.75) is 13.8 Å². The topological polar surface area (TPSA) is 82.5 Å². The number of aryl methyl sites for hydroxylation is 1. The number of nitrogens with zero attached hydrogens (tertiary/aromatic N) is 3. The van der Waals surface area contributed by atoms with E-state index in [0.717, 1.165) is 5.69 Å². The van der Waals surface area contributed by atoms with Gasteiger partial charge in [0.1, 0.15) is 5.75 Å². The van der Waals surface area contributed by atoms with Crippen molar-refractivity contribution in [1.82, 2.24) is 9.66 Å². The zero-order valence-corrected chi connectivity index (χ0v) is 10.7. The van der Waals surface area contributed by atoms with Crippen LogP contribution in [0.1, 0.15) is 18.2 Å². The molecular formula is C13H14N4O2. The normalized spacial score (nSPS) is 10.8. The van der Waals surface area contributed by atoms with Gasteiger partial charge >= 0.3 is 5.97 Å². The second kappa shape index (κ2) is 5.34. The minimum absolute atomic E-state index is 0.304. The Hall–Kier alpha value is -2.63. The van der Waals surface area contributed by atoms with Crippen molar-refractivity contribution in [2.24, 2.45) is 5.10 Å². The third-order valence-electron chi connectivity index (χ3n) is 2.33. The number of ether oxygens (including phenoxy) is 1. The highest BCUT2D eigenvalue weighted by atomic mass is 16.5. The molecule has 6 heteroatoms. The molecule has 0 radical (unpaired) electrons. The van der Waals surface area contributed by atoms with Gasteiger partial charge in [0.15, 0.2) is 0 Å². The molecule has 19 heavy (non-hydrogen) atoms. The Balaban J connectivity index is 2.28. The largest absolute Gasteiger partial charge is 0.426 e. The van der Waals surface area contributed by atoms with Crippen molar-refractivity contribution in [3.63, 3.8) is 0 Å². The second-order valence-electron chi connectivity index (χ2n) is 3.96. The molecule has 0 atom stereocenters. The molecule has 2 N–H and O–H groups in total. The predicted octanol–water partition coefficient (Wildman–Crippen LogP) is 1.58. The molecule has 1 aromatic heterocycles. The summed E-state index contributed by atoms with van der Waals surface area (Å²) in [6, 6.07) is 7.11. The van der Waals surface area contributed by atoms with Crippen LogP contribution in [0.4, 0.5) is 5.95 Å². The summed E-state index contributed by atoms with van der Waals surface area (Å²) in [6.45, 7) is 3.18. The average Bonchev–Trinajstić information content (AvgIpc) is 2.66. The number of anilines is 1. The standard InChI is InChI=1S/C13H14N4O2/c1-9-8-17(13(14)16-9)15-7-11-5-3-4-6-12(11)19-10(2)18/h3-8H,1-2H3,(H2,14,16). The molecule has 0 saturated heterocycles. The zero-order chi connectivity index (χ0) is 13.8. The number of rotatable bonds is 3. The Morgan fingerprint density at radius 3 is 2.84 bits per heavy atom. The van der Waals surface area contributed by atoms with Gasteiger partial charge in [-0.2, -0.15) is 5.10 Å². The Morgan fingerprint density at radius 1 is 1.47 bits per heavy atom. The molecule has 0 amide bonds. The van der Waals surface area contributed by atoms with Gasteiger partial charge in [-0.3, -0.25) is 4.79 Å². The van der Waals surface area contributed by atoms with Crippen LogP contribution in [0.5, 0.6) is 5.75 Å². The van der Waals surface area contributed by atoms with Crippen LogP contribution in [0.25, 0.3) is 0 Å². The number of nitrogen functional groups attached to an aromatic ring is 1. The highest BCUT2D eigenvalue weighted by Gasteiger charge is 2.04. The van der Waals surface area contributed by atoms with Crippen LogP contribution in [-0.4, -0.2) is 21.8 Å². The smallest absolute Gasteiger partial charge is 0.308 e. The maximum atomic E-state index is 11.0. The van der Waals surface area contributed by atoms with E-state index in [9.17, 15) is 4.79 Å². The van der Waals surface area contributed by atoms with Crippen LogP contribution in [-0.2, 0) is 4.79 Å². The number of benzene rings is 1. The molecule has 0 aliphatic heterocycles. The summed E-state index contributed by atoms with van der Waals surface area (Å²) in [6.07, 6.45) is 3.27. The van der Waals surface area contributed by atoms with Gasteiger partial charge < -0.3 is 10.5 Å². The maximum Gasteiger partial charge on any atom is 0.308 e. The van der Waals surface area contributed by atoms with Gasteiger partial charge in [0, 0.05) is 12.5 Å². The van der Waals surface area contributed by atoms with E-state index in [2.05, 4.69) is 10.1 Å². The first-order valence-electron chi connectivity index (χ1n) is 5.69. The van der Waals surface area contributed by atoms with E-state index in [1.54, 1.807) is 30.6 Å². The summed E-state index contributed by atoms with van der Waals surface area (Å²) in [4.78, 5) is 15.0. The van der Waals surface area contributed by atoms with E-state index in [1.165, 1.54) is 11.6 Å². The number of hydrogen-bond acceptors (Lipinski definition) is 5. The Kier molecular flexibility index (Phi) is 3.61. The van der Waals surface area contributed by atoms with E-state index < -0.39 is 0 Å². The molecule has 6 nitrogen and oxygen atoms in total. The first-order chi connectivity index (χ1) is 9.06. The number of hydrogen-bond donors (Lipinski definition) is 1. The number of esters is 1. The summed E-state index contributed by atoms with van der Waals surface area (Å²) in [5.74, 6) is 0.381. The summed E-state index contributed by atoms with van der Waals surface area (Å²) in [5.41, 5.74) is 7.14. The quantitative estimate of drug-likeness (QED) is 0.514.